The van der Waals surface area contributed by atoms with Crippen LogP contribution in [0.3, 0.4) is 0 Å². The maximum absolute atomic E-state index is 12.0. The molecule has 0 aliphatic carbocycles. The van der Waals surface area contributed by atoms with Crippen molar-refractivity contribution in [3.05, 3.63) is 45.3 Å². The first kappa shape index (κ1) is 17.1. The number of thiophene rings is 1. The van der Waals surface area contributed by atoms with Gasteiger partial charge in [0.1, 0.15) is 4.21 Å². The summed E-state index contributed by atoms with van der Waals surface area (Å²) in [6.45, 7) is 0.0737. The van der Waals surface area contributed by atoms with Gasteiger partial charge >= 0.3 is 0 Å². The zero-order valence-electron chi connectivity index (χ0n) is 11.8. The molecule has 1 aromatic carbocycles. The highest BCUT2D eigenvalue weighted by Gasteiger charge is 2.19. The highest BCUT2D eigenvalue weighted by atomic mass is 35.5. The first-order valence-electron chi connectivity index (χ1n) is 6.44. The smallest absolute Gasteiger partial charge is 0.273 e. The molecule has 2 aromatic rings. The standard InChI is InChI=1S/C14H9Cl2NO5S2/c15-9-5-8(6-10-14(9)22-7-21-10)1-3-12(18)17-24(19,20)13-4-2-11(16)23-13/h1-6H,7H2,(H,17,18). The molecule has 0 fully saturated rings. The van der Waals surface area contributed by atoms with Gasteiger partial charge in [-0.15, -0.1) is 11.3 Å². The molecular weight excluding hydrogens is 397 g/mol. The summed E-state index contributed by atoms with van der Waals surface area (Å²) in [5.74, 6) is 0.104. The lowest BCUT2D eigenvalue weighted by Crippen LogP contribution is -2.28. The highest BCUT2D eigenvalue weighted by Crippen LogP contribution is 2.40. The van der Waals surface area contributed by atoms with Crippen LogP contribution in [0.4, 0.5) is 0 Å². The summed E-state index contributed by atoms with van der Waals surface area (Å²) < 4.78 is 36.6. The molecule has 1 N–H and O–H groups in total. The number of benzene rings is 1. The minimum atomic E-state index is -3.95. The van der Waals surface area contributed by atoms with Gasteiger partial charge in [0.05, 0.1) is 9.36 Å². The van der Waals surface area contributed by atoms with Gasteiger partial charge in [-0.3, -0.25) is 4.79 Å². The Morgan fingerprint density at radius 2 is 2.04 bits per heavy atom. The molecule has 1 aliphatic rings. The van der Waals surface area contributed by atoms with Gasteiger partial charge in [0.2, 0.25) is 6.79 Å². The lowest BCUT2D eigenvalue weighted by Gasteiger charge is -2.02. The SMILES string of the molecule is O=C(C=Cc1cc(Cl)c2c(c1)OCO2)NS(=O)(=O)c1ccc(Cl)s1. The minimum Gasteiger partial charge on any atom is -0.454 e. The molecule has 1 amide bonds. The lowest BCUT2D eigenvalue weighted by molar-refractivity contribution is -0.114. The zero-order chi connectivity index (χ0) is 17.3. The van der Waals surface area contributed by atoms with Gasteiger partial charge in [-0.25, -0.2) is 13.1 Å². The number of hydrogen-bond acceptors (Lipinski definition) is 6. The van der Waals surface area contributed by atoms with Crippen LogP contribution in [-0.2, 0) is 14.8 Å². The van der Waals surface area contributed by atoms with Crippen molar-refractivity contribution in [3.63, 3.8) is 0 Å². The van der Waals surface area contributed by atoms with Gasteiger partial charge in [0, 0.05) is 6.08 Å². The summed E-state index contributed by atoms with van der Waals surface area (Å²) in [6.07, 6.45) is 2.50. The third kappa shape index (κ3) is 3.67. The zero-order valence-corrected chi connectivity index (χ0v) is 14.9. The molecule has 10 heteroatoms. The Kier molecular flexibility index (Phi) is 4.73. The van der Waals surface area contributed by atoms with E-state index in [1.54, 1.807) is 12.1 Å². The van der Waals surface area contributed by atoms with Crippen LogP contribution in [0.1, 0.15) is 5.56 Å². The molecule has 0 saturated carbocycles. The van der Waals surface area contributed by atoms with Crippen LogP contribution in [0.5, 0.6) is 11.5 Å². The lowest BCUT2D eigenvalue weighted by atomic mass is 10.2. The van der Waals surface area contributed by atoms with Gasteiger partial charge in [-0.2, -0.15) is 0 Å². The predicted molar refractivity (Wildman–Crippen MR) is 91.3 cm³/mol. The number of amides is 1. The first-order valence-corrected chi connectivity index (χ1v) is 9.50. The van der Waals surface area contributed by atoms with E-state index in [0.717, 1.165) is 17.4 Å². The average molecular weight is 406 g/mol. The number of rotatable bonds is 4. The quantitative estimate of drug-likeness (QED) is 0.788. The second-order valence-corrected chi connectivity index (χ2v) is 8.63. The number of sulfonamides is 1. The molecule has 6 nitrogen and oxygen atoms in total. The van der Waals surface area contributed by atoms with Crippen LogP contribution in [0.25, 0.3) is 6.08 Å². The molecule has 0 spiro atoms. The van der Waals surface area contributed by atoms with Gasteiger partial charge in [-0.1, -0.05) is 23.2 Å². The van der Waals surface area contributed by atoms with Gasteiger partial charge in [0.15, 0.2) is 11.5 Å². The van der Waals surface area contributed by atoms with Crippen LogP contribution in [-0.4, -0.2) is 21.1 Å². The molecule has 0 saturated heterocycles. The monoisotopic (exact) mass is 405 g/mol. The average Bonchev–Trinajstić information content (AvgIpc) is 3.14. The topological polar surface area (TPSA) is 81.7 Å². The second kappa shape index (κ2) is 6.64. The van der Waals surface area contributed by atoms with E-state index in [1.165, 1.54) is 18.2 Å². The van der Waals surface area contributed by atoms with E-state index in [1.807, 2.05) is 4.72 Å². The number of fused-ring (bicyclic) bond motifs is 1. The van der Waals surface area contributed by atoms with E-state index in [0.29, 0.717) is 26.4 Å². The van der Waals surface area contributed by atoms with E-state index in [4.69, 9.17) is 32.7 Å². The highest BCUT2D eigenvalue weighted by molar-refractivity contribution is 7.92. The largest absolute Gasteiger partial charge is 0.454 e. The van der Waals surface area contributed by atoms with Crippen molar-refractivity contribution in [1.82, 2.24) is 4.72 Å². The maximum atomic E-state index is 12.0. The first-order chi connectivity index (χ1) is 11.3. The number of ether oxygens (including phenoxy) is 2. The van der Waals surface area contributed by atoms with E-state index >= 15 is 0 Å². The third-order valence-corrected chi connectivity index (χ3v) is 6.28. The number of halogens is 2. The normalized spacial score (nSPS) is 13.4. The van der Waals surface area contributed by atoms with E-state index in [2.05, 4.69) is 0 Å². The van der Waals surface area contributed by atoms with Gasteiger partial charge in [0.25, 0.3) is 15.9 Å². The summed E-state index contributed by atoms with van der Waals surface area (Å²) in [5, 5.41) is 0.339. The number of nitrogens with one attached hydrogen (secondary N) is 1. The fourth-order valence-corrected chi connectivity index (χ4v) is 4.62. The Hall–Kier alpha value is -1.74. The Bertz CT molecular complexity index is 937. The fraction of sp³-hybridized carbons (Fsp3) is 0.0714. The Labute approximate surface area is 151 Å². The Balaban J connectivity index is 1.73. The second-order valence-electron chi connectivity index (χ2n) is 4.60. The van der Waals surface area contributed by atoms with Crippen LogP contribution in [0.15, 0.2) is 34.6 Å². The molecule has 2 heterocycles. The number of hydrogen-bond donors (Lipinski definition) is 1. The van der Waals surface area contributed by atoms with Crippen molar-refractivity contribution in [2.45, 2.75) is 4.21 Å². The summed E-state index contributed by atoms with van der Waals surface area (Å²) in [4.78, 5) is 11.8. The molecule has 0 atom stereocenters. The number of carbonyl (C=O) groups is 1. The van der Waals surface area contributed by atoms with Crippen molar-refractivity contribution in [2.24, 2.45) is 0 Å². The Morgan fingerprint density at radius 1 is 1.25 bits per heavy atom. The summed E-state index contributed by atoms with van der Waals surface area (Å²) in [6, 6.07) is 5.97. The Morgan fingerprint density at radius 3 is 2.75 bits per heavy atom. The molecule has 1 aliphatic heterocycles. The fourth-order valence-electron chi connectivity index (χ4n) is 1.91. The van der Waals surface area contributed by atoms with Gasteiger partial charge in [-0.05, 0) is 35.9 Å². The molecule has 126 valence electrons. The van der Waals surface area contributed by atoms with Crippen molar-refractivity contribution < 1.29 is 22.7 Å². The van der Waals surface area contributed by atoms with Crippen molar-refractivity contribution in [2.75, 3.05) is 6.79 Å². The molecule has 0 unspecified atom stereocenters. The summed E-state index contributed by atoms with van der Waals surface area (Å²) in [5.41, 5.74) is 0.566. The molecular formula is C14H9Cl2NO5S2. The molecule has 0 bridgehead atoms. The van der Waals surface area contributed by atoms with Crippen molar-refractivity contribution in [1.29, 1.82) is 0 Å². The molecule has 1 aromatic heterocycles. The van der Waals surface area contributed by atoms with Gasteiger partial charge < -0.3 is 9.47 Å². The van der Waals surface area contributed by atoms with Crippen LogP contribution < -0.4 is 14.2 Å². The van der Waals surface area contributed by atoms with Crippen LogP contribution >= 0.6 is 34.5 Å². The maximum Gasteiger partial charge on any atom is 0.273 e. The van der Waals surface area contributed by atoms with E-state index in [-0.39, 0.29) is 11.0 Å². The summed E-state index contributed by atoms with van der Waals surface area (Å²) >= 11 is 12.6. The van der Waals surface area contributed by atoms with Crippen LogP contribution in [0, 0.1) is 0 Å². The predicted octanol–water partition coefficient (Wildman–Crippen LogP) is 3.30. The molecule has 24 heavy (non-hydrogen) atoms. The van der Waals surface area contributed by atoms with Crippen molar-refractivity contribution in [3.8, 4) is 11.5 Å². The third-order valence-electron chi connectivity index (χ3n) is 2.93. The van der Waals surface area contributed by atoms with E-state index in [9.17, 15) is 13.2 Å². The minimum absolute atomic E-state index is 0.0413. The molecule has 3 rings (SSSR count). The molecule has 0 radical (unpaired) electrons. The van der Waals surface area contributed by atoms with E-state index < -0.39 is 15.9 Å². The van der Waals surface area contributed by atoms with Crippen LogP contribution in [0.2, 0.25) is 9.36 Å². The number of carbonyl (C=O) groups excluding carboxylic acids is 1. The van der Waals surface area contributed by atoms with Crippen molar-refractivity contribution >= 4 is 56.5 Å². The summed E-state index contributed by atoms with van der Waals surface area (Å²) in [7, 11) is -3.95.